The molecular weight excluding hydrogens is 392 g/mol. The summed E-state index contributed by atoms with van der Waals surface area (Å²) < 4.78 is 4.90. The van der Waals surface area contributed by atoms with Gasteiger partial charge in [-0.1, -0.05) is 29.3 Å². The smallest absolute Gasteiger partial charge is 0.307 e. The lowest BCUT2D eigenvalue weighted by Crippen LogP contribution is -2.21. The number of halogens is 1. The summed E-state index contributed by atoms with van der Waals surface area (Å²) in [6.07, 6.45) is 0.142. The third-order valence-electron chi connectivity index (χ3n) is 3.39. The molecule has 2 aromatic carbocycles. The van der Waals surface area contributed by atoms with Crippen LogP contribution in [0.15, 0.2) is 47.4 Å². The monoisotopic (exact) mass is 408 g/mol. The lowest BCUT2D eigenvalue weighted by Gasteiger charge is -2.07. The molecule has 0 saturated carbocycles. The Morgan fingerprint density at radius 1 is 1.22 bits per heavy atom. The highest BCUT2D eigenvalue weighted by atomic mass is 35.5. The van der Waals surface area contributed by atoms with Crippen molar-refractivity contribution in [3.05, 3.63) is 63.2 Å². The lowest BCUT2D eigenvalue weighted by molar-refractivity contribution is -0.383. The van der Waals surface area contributed by atoms with Crippen molar-refractivity contribution in [3.63, 3.8) is 0 Å². The molecule has 1 N–H and O–H groups in total. The Bertz CT molecular complexity index is 842. The Morgan fingerprint density at radius 3 is 2.59 bits per heavy atom. The Morgan fingerprint density at radius 2 is 1.93 bits per heavy atom. The quantitative estimate of drug-likeness (QED) is 0.304. The highest BCUT2D eigenvalue weighted by Crippen LogP contribution is 2.27. The van der Waals surface area contributed by atoms with Crippen molar-refractivity contribution in [2.45, 2.75) is 18.2 Å². The van der Waals surface area contributed by atoms with Gasteiger partial charge in [0.2, 0.25) is 0 Å². The number of hydrogen-bond acceptors (Lipinski definition) is 6. The predicted molar refractivity (Wildman–Crippen MR) is 104 cm³/mol. The third kappa shape index (κ3) is 6.92. The van der Waals surface area contributed by atoms with E-state index in [4.69, 9.17) is 16.3 Å². The number of benzene rings is 2. The van der Waals surface area contributed by atoms with E-state index in [1.807, 2.05) is 31.2 Å². The highest BCUT2D eigenvalue weighted by Gasteiger charge is 2.17. The van der Waals surface area contributed by atoms with Gasteiger partial charge in [0.1, 0.15) is 5.69 Å². The molecule has 0 fully saturated rings. The number of rotatable bonds is 8. The SMILES string of the molecule is Cc1ccc(SCCC(=O)OCC(=O)Nc2cc(Cl)ccc2[N+](=O)[O-])cc1. The molecule has 1 amide bonds. The molecule has 0 aromatic heterocycles. The molecule has 9 heteroatoms. The number of amides is 1. The number of ether oxygens (including phenoxy) is 1. The highest BCUT2D eigenvalue weighted by molar-refractivity contribution is 7.99. The molecule has 27 heavy (non-hydrogen) atoms. The van der Waals surface area contributed by atoms with Crippen LogP contribution >= 0.6 is 23.4 Å². The van der Waals surface area contributed by atoms with Crippen LogP contribution in [0.2, 0.25) is 5.02 Å². The zero-order chi connectivity index (χ0) is 19.8. The molecule has 2 aromatic rings. The summed E-state index contributed by atoms with van der Waals surface area (Å²) in [4.78, 5) is 35.0. The second kappa shape index (κ2) is 9.94. The van der Waals surface area contributed by atoms with E-state index in [2.05, 4.69) is 5.32 Å². The molecule has 0 bridgehead atoms. The average molecular weight is 409 g/mol. The summed E-state index contributed by atoms with van der Waals surface area (Å²) >= 11 is 7.30. The second-order valence-corrected chi connectivity index (χ2v) is 7.14. The van der Waals surface area contributed by atoms with Gasteiger partial charge in [0, 0.05) is 21.7 Å². The van der Waals surface area contributed by atoms with Gasteiger partial charge in [-0.25, -0.2) is 0 Å². The molecule has 0 atom stereocenters. The van der Waals surface area contributed by atoms with Crippen LogP contribution in [0, 0.1) is 17.0 Å². The number of anilines is 1. The minimum atomic E-state index is -0.681. The zero-order valence-corrected chi connectivity index (χ0v) is 16.0. The van der Waals surface area contributed by atoms with E-state index in [-0.39, 0.29) is 22.8 Å². The maximum atomic E-state index is 11.9. The number of esters is 1. The minimum absolute atomic E-state index is 0.0523. The molecule has 7 nitrogen and oxygen atoms in total. The molecule has 0 spiro atoms. The van der Waals surface area contributed by atoms with Crippen molar-refractivity contribution in [2.24, 2.45) is 0 Å². The van der Waals surface area contributed by atoms with Gasteiger partial charge in [0.05, 0.1) is 11.3 Å². The average Bonchev–Trinajstić information content (AvgIpc) is 2.61. The number of nitro groups is 1. The molecule has 2 rings (SSSR count). The van der Waals surface area contributed by atoms with Crippen molar-refractivity contribution >= 4 is 46.6 Å². The van der Waals surface area contributed by atoms with Crippen LogP contribution in [0.3, 0.4) is 0 Å². The predicted octanol–water partition coefficient (Wildman–Crippen LogP) is 4.22. The third-order valence-corrected chi connectivity index (χ3v) is 4.64. The molecule has 0 aliphatic carbocycles. The van der Waals surface area contributed by atoms with Crippen LogP contribution in [-0.2, 0) is 14.3 Å². The first-order valence-electron chi connectivity index (χ1n) is 7.94. The normalized spacial score (nSPS) is 10.3. The Kier molecular flexibility index (Phi) is 7.63. The van der Waals surface area contributed by atoms with Gasteiger partial charge in [-0.2, -0.15) is 0 Å². The van der Waals surface area contributed by atoms with Crippen LogP contribution in [-0.4, -0.2) is 29.2 Å². The fourth-order valence-corrected chi connectivity index (χ4v) is 3.06. The fraction of sp³-hybridized carbons (Fsp3) is 0.222. The van der Waals surface area contributed by atoms with E-state index < -0.39 is 23.4 Å². The lowest BCUT2D eigenvalue weighted by atomic mass is 10.2. The Labute approximate surface area is 165 Å². The van der Waals surface area contributed by atoms with E-state index in [0.29, 0.717) is 5.75 Å². The van der Waals surface area contributed by atoms with Crippen molar-refractivity contribution in [1.82, 2.24) is 0 Å². The largest absolute Gasteiger partial charge is 0.456 e. The van der Waals surface area contributed by atoms with E-state index >= 15 is 0 Å². The summed E-state index contributed by atoms with van der Waals surface area (Å²) in [6.45, 7) is 1.46. The summed E-state index contributed by atoms with van der Waals surface area (Å²) in [7, 11) is 0. The molecule has 0 unspecified atom stereocenters. The van der Waals surface area contributed by atoms with Crippen LogP contribution < -0.4 is 5.32 Å². The number of carbonyl (C=O) groups excluding carboxylic acids is 2. The molecular formula is C18H17ClN2O5S. The van der Waals surface area contributed by atoms with Crippen LogP contribution in [0.25, 0.3) is 0 Å². The van der Waals surface area contributed by atoms with Gasteiger partial charge in [0.25, 0.3) is 11.6 Å². The van der Waals surface area contributed by atoms with Gasteiger partial charge in [0.15, 0.2) is 6.61 Å². The first-order chi connectivity index (χ1) is 12.8. The molecule has 0 saturated heterocycles. The van der Waals surface area contributed by atoms with Crippen LogP contribution in [0.1, 0.15) is 12.0 Å². The number of hydrogen-bond donors (Lipinski definition) is 1. The van der Waals surface area contributed by atoms with Gasteiger partial charge in [-0.3, -0.25) is 19.7 Å². The zero-order valence-electron chi connectivity index (χ0n) is 14.4. The molecule has 0 heterocycles. The summed E-state index contributed by atoms with van der Waals surface area (Å²) in [5.74, 6) is -0.686. The Hall–Kier alpha value is -2.58. The van der Waals surface area contributed by atoms with E-state index in [1.54, 1.807) is 0 Å². The molecule has 0 radical (unpaired) electrons. The van der Waals surface area contributed by atoms with Gasteiger partial charge < -0.3 is 10.1 Å². The van der Waals surface area contributed by atoms with E-state index in [9.17, 15) is 19.7 Å². The summed E-state index contributed by atoms with van der Waals surface area (Å²) in [5, 5.41) is 13.5. The standard InChI is InChI=1S/C18H17ClN2O5S/c1-12-2-5-14(6-3-12)27-9-8-18(23)26-11-17(22)20-15-10-13(19)4-7-16(15)21(24)25/h2-7,10H,8-9,11H2,1H3,(H,20,22). The van der Waals surface area contributed by atoms with Crippen molar-refractivity contribution in [1.29, 1.82) is 0 Å². The topological polar surface area (TPSA) is 98.5 Å². The first-order valence-corrected chi connectivity index (χ1v) is 9.30. The number of nitrogens with one attached hydrogen (secondary N) is 1. The number of nitrogens with zero attached hydrogens (tertiary/aromatic N) is 1. The summed E-state index contributed by atoms with van der Waals surface area (Å²) in [6, 6.07) is 11.7. The molecule has 0 aliphatic rings. The van der Waals surface area contributed by atoms with E-state index in [1.165, 1.54) is 30.0 Å². The van der Waals surface area contributed by atoms with Gasteiger partial charge in [-0.15, -0.1) is 11.8 Å². The Balaban J connectivity index is 1.76. The first kappa shape index (κ1) is 20.7. The van der Waals surface area contributed by atoms with Crippen molar-refractivity contribution in [3.8, 4) is 0 Å². The van der Waals surface area contributed by atoms with Crippen molar-refractivity contribution in [2.75, 3.05) is 17.7 Å². The number of thioether (sulfide) groups is 1. The maximum Gasteiger partial charge on any atom is 0.307 e. The number of aryl methyl sites for hydroxylation is 1. The minimum Gasteiger partial charge on any atom is -0.456 e. The van der Waals surface area contributed by atoms with E-state index in [0.717, 1.165) is 10.5 Å². The van der Waals surface area contributed by atoms with Crippen molar-refractivity contribution < 1.29 is 19.2 Å². The molecule has 0 aliphatic heterocycles. The maximum absolute atomic E-state index is 11.9. The molecule has 142 valence electrons. The van der Waals surface area contributed by atoms with Crippen LogP contribution in [0.4, 0.5) is 11.4 Å². The fourth-order valence-electron chi connectivity index (χ4n) is 2.06. The number of carbonyl (C=O) groups is 2. The second-order valence-electron chi connectivity index (χ2n) is 5.54. The van der Waals surface area contributed by atoms with Gasteiger partial charge >= 0.3 is 5.97 Å². The number of nitro benzene ring substituents is 1. The van der Waals surface area contributed by atoms with Gasteiger partial charge in [-0.05, 0) is 31.2 Å². The van der Waals surface area contributed by atoms with Crippen LogP contribution in [0.5, 0.6) is 0 Å². The summed E-state index contributed by atoms with van der Waals surface area (Å²) in [5.41, 5.74) is 0.807.